The zero-order valence-corrected chi connectivity index (χ0v) is 41.1. The Bertz CT molecular complexity index is 2770. The highest BCUT2D eigenvalue weighted by molar-refractivity contribution is 7.90. The molecule has 2 aromatic carbocycles. The number of hydrogen-bond donors (Lipinski definition) is 4. The Hall–Kier alpha value is -5.36. The number of ether oxygens (including phenoxy) is 1. The smallest absolute Gasteiger partial charge is 0.324 e. The summed E-state index contributed by atoms with van der Waals surface area (Å²) in [6, 6.07) is 12.7. The van der Waals surface area contributed by atoms with Crippen LogP contribution in [0.2, 0.25) is 0 Å². The molecule has 6 bridgehead atoms. The van der Waals surface area contributed by atoms with Gasteiger partial charge in [-0.3, -0.25) is 34.5 Å². The van der Waals surface area contributed by atoms with Gasteiger partial charge in [-0.05, 0) is 110 Å². The number of nitrogens with zero attached hydrogens (tertiary/aromatic N) is 5. The Balaban J connectivity index is 1.09. The summed E-state index contributed by atoms with van der Waals surface area (Å²) in [6.07, 6.45) is 4.12. The van der Waals surface area contributed by atoms with Gasteiger partial charge in [-0.2, -0.15) is 4.31 Å². The van der Waals surface area contributed by atoms with Gasteiger partial charge >= 0.3 is 5.97 Å². The second-order valence-corrected chi connectivity index (χ2v) is 23.2. The largest absolute Gasteiger partial charge is 0.508 e. The van der Waals surface area contributed by atoms with E-state index < -0.39 is 62.1 Å². The third kappa shape index (κ3) is 8.90. The van der Waals surface area contributed by atoms with E-state index in [4.69, 9.17) is 9.72 Å². The van der Waals surface area contributed by atoms with E-state index in [9.17, 15) is 32.7 Å². The maximum atomic E-state index is 14.8. The molecule has 364 valence electrons. The normalized spacial score (nSPS) is 25.1. The third-order valence-corrected chi connectivity index (χ3v) is 16.8. The van der Waals surface area contributed by atoms with E-state index in [0.717, 1.165) is 44.5 Å². The Morgan fingerprint density at radius 2 is 1.78 bits per heavy atom. The molecule has 68 heavy (non-hydrogen) atoms. The maximum Gasteiger partial charge on any atom is 0.324 e. The molecule has 17 heteroatoms. The van der Waals surface area contributed by atoms with Crippen molar-refractivity contribution < 1.29 is 37.4 Å². The highest BCUT2D eigenvalue weighted by atomic mass is 32.2. The van der Waals surface area contributed by atoms with Crippen LogP contribution in [-0.4, -0.2) is 124 Å². The number of nitrogens with one attached hydrogen (secondary N) is 3. The number of cyclic esters (lactones) is 1. The Kier molecular flexibility index (Phi) is 12.8. The summed E-state index contributed by atoms with van der Waals surface area (Å²) < 4.78 is 36.1. The minimum Gasteiger partial charge on any atom is -0.508 e. The van der Waals surface area contributed by atoms with E-state index in [-0.39, 0.29) is 62.7 Å². The average molecular weight is 951 g/mol. The van der Waals surface area contributed by atoms with Crippen molar-refractivity contribution >= 4 is 44.6 Å². The van der Waals surface area contributed by atoms with Crippen LogP contribution in [0.1, 0.15) is 96.9 Å². The van der Waals surface area contributed by atoms with Crippen LogP contribution in [0.4, 0.5) is 0 Å². The van der Waals surface area contributed by atoms with Gasteiger partial charge in [-0.25, -0.2) is 13.8 Å². The number of carbonyl (C=O) groups excluding carboxylic acids is 4. The fraction of sp³-hybridized carbons (Fsp3) is 0.549. The van der Waals surface area contributed by atoms with Crippen molar-refractivity contribution in [3.05, 3.63) is 71.5 Å². The van der Waals surface area contributed by atoms with Crippen molar-refractivity contribution in [2.24, 2.45) is 16.7 Å². The molecule has 9 rings (SSSR count). The number of likely N-dealkylation sites (tertiary alicyclic amines) is 1. The molecule has 4 aromatic rings. The number of benzene rings is 2. The zero-order chi connectivity index (χ0) is 48.4. The molecule has 3 amide bonds. The first-order valence-electron chi connectivity index (χ1n) is 24.3. The summed E-state index contributed by atoms with van der Waals surface area (Å²) in [5, 5.41) is 19.1. The van der Waals surface area contributed by atoms with Crippen LogP contribution in [0.3, 0.4) is 0 Å². The third-order valence-electron chi connectivity index (χ3n) is 14.7. The molecule has 4 saturated heterocycles. The van der Waals surface area contributed by atoms with Crippen LogP contribution in [0.15, 0.2) is 54.7 Å². The summed E-state index contributed by atoms with van der Waals surface area (Å²) in [7, 11) is -3.58. The molecule has 7 heterocycles. The predicted octanol–water partition coefficient (Wildman–Crippen LogP) is 5.08. The number of aromatic hydroxyl groups is 1. The highest BCUT2D eigenvalue weighted by Crippen LogP contribution is 2.45. The number of amides is 3. The molecule has 4 N–H and O–H groups in total. The first kappa shape index (κ1) is 47.7. The molecule has 5 aliphatic rings. The van der Waals surface area contributed by atoms with Crippen molar-refractivity contribution in [3.8, 4) is 28.1 Å². The number of sulfonamides is 1. The van der Waals surface area contributed by atoms with Gasteiger partial charge in [0, 0.05) is 73.8 Å². The zero-order valence-electron chi connectivity index (χ0n) is 40.3. The quantitative estimate of drug-likeness (QED) is 0.129. The predicted molar refractivity (Wildman–Crippen MR) is 258 cm³/mol. The second kappa shape index (κ2) is 18.2. The first-order chi connectivity index (χ1) is 32.3. The van der Waals surface area contributed by atoms with E-state index >= 15 is 0 Å². The fourth-order valence-electron chi connectivity index (χ4n) is 11.1. The summed E-state index contributed by atoms with van der Waals surface area (Å²) in [6.45, 7) is 16.4. The number of phenols is 1. The highest BCUT2D eigenvalue weighted by Gasteiger charge is 2.57. The van der Waals surface area contributed by atoms with Gasteiger partial charge in [-0.15, -0.1) is 0 Å². The molecule has 4 fully saturated rings. The molecule has 0 unspecified atom stereocenters. The number of aryl methyl sites for hydroxylation is 1. The van der Waals surface area contributed by atoms with Crippen molar-refractivity contribution in [1.82, 2.24) is 39.8 Å². The Morgan fingerprint density at radius 1 is 1.01 bits per heavy atom. The van der Waals surface area contributed by atoms with Crippen LogP contribution in [0.25, 0.3) is 33.3 Å². The SMILES string of the molecule is CCn1c(-c2cccnc2C(C)C)c2c3cc(ccc31)-c1cc(O)cc(c1)C[C@H](NC(=O)[C@H](C(C)C)N1CC[C@]3(CCN(S(=O)(=O)[C@H]4CN4)C3)C1=O)C(=O)N1CCC[C@H](N1)C(=O)OCC(C)(C)C2. The van der Waals surface area contributed by atoms with Gasteiger partial charge in [0.25, 0.3) is 5.91 Å². The van der Waals surface area contributed by atoms with E-state index in [0.29, 0.717) is 50.8 Å². The van der Waals surface area contributed by atoms with E-state index in [1.807, 2.05) is 38.2 Å². The minimum atomic E-state index is -3.58. The molecule has 0 radical (unpaired) electrons. The Labute approximate surface area is 399 Å². The molecule has 5 atom stereocenters. The van der Waals surface area contributed by atoms with Gasteiger partial charge < -0.3 is 24.6 Å². The van der Waals surface area contributed by atoms with Gasteiger partial charge in [0.1, 0.15) is 29.2 Å². The summed E-state index contributed by atoms with van der Waals surface area (Å²) in [4.78, 5) is 64.3. The lowest BCUT2D eigenvalue weighted by molar-refractivity contribution is -0.155. The Morgan fingerprint density at radius 3 is 2.50 bits per heavy atom. The number of hydrazine groups is 1. The molecule has 2 aromatic heterocycles. The molecular weight excluding hydrogens is 885 g/mol. The molecule has 0 saturated carbocycles. The number of pyridine rings is 1. The van der Waals surface area contributed by atoms with E-state index in [1.165, 1.54) is 9.31 Å². The van der Waals surface area contributed by atoms with Crippen molar-refractivity contribution in [3.63, 3.8) is 0 Å². The monoisotopic (exact) mass is 950 g/mol. The lowest BCUT2D eigenvalue weighted by atomic mass is 9.83. The van der Waals surface area contributed by atoms with Crippen LogP contribution in [-0.2, 0) is 53.3 Å². The molecule has 5 aliphatic heterocycles. The number of hydrogen-bond acceptors (Lipinski definition) is 11. The second-order valence-electron chi connectivity index (χ2n) is 21.1. The van der Waals surface area contributed by atoms with Gasteiger partial charge in [0.05, 0.1) is 23.4 Å². The number of phenolic OH excluding ortho intramolecular Hbond substituents is 1. The standard InChI is InChI=1S/C51H66N8O8S/c1-8-57-41-14-13-33-25-37(41)38(45(57)36-11-9-17-52-43(36)30(2)3)26-50(6,7)29-67-48(63)39-12-10-18-59(55-39)47(62)40(23-32-21-34(33)24-35(60)22-32)54-46(61)44(31(4)5)58-20-16-51(49(58)64)15-19-56(28-51)68(65,66)42-27-53-42/h9,11,13-14,17,21-22,24-25,30-31,39-40,42,44,53,55,60H,8,10,12,15-16,18-20,23,26-29H2,1-7H3,(H,54,61)/t39-,40-,42-,44-,51-/m0/s1. The minimum absolute atomic E-state index is 0.00773. The summed E-state index contributed by atoms with van der Waals surface area (Å²) in [5.41, 5.74) is 9.08. The lowest BCUT2D eigenvalue weighted by Gasteiger charge is -2.37. The molecule has 0 aliphatic carbocycles. The van der Waals surface area contributed by atoms with Crippen LogP contribution in [0.5, 0.6) is 5.75 Å². The van der Waals surface area contributed by atoms with Gasteiger partial charge in [-0.1, -0.05) is 53.7 Å². The summed E-state index contributed by atoms with van der Waals surface area (Å²) >= 11 is 0. The van der Waals surface area contributed by atoms with Crippen LogP contribution in [0, 0.1) is 16.7 Å². The van der Waals surface area contributed by atoms with E-state index in [2.05, 4.69) is 73.4 Å². The number of aromatic nitrogens is 2. The molecule has 1 spiro atoms. The number of carbonyl (C=O) groups is 4. The first-order valence-corrected chi connectivity index (χ1v) is 25.8. The number of rotatable bonds is 9. The number of esters is 1. The van der Waals surface area contributed by atoms with Crippen LogP contribution < -0.4 is 16.1 Å². The topological polar surface area (TPSA) is 205 Å². The summed E-state index contributed by atoms with van der Waals surface area (Å²) in [5.74, 6) is -1.94. The fourth-order valence-corrected chi connectivity index (χ4v) is 12.8. The van der Waals surface area contributed by atoms with Crippen molar-refractivity contribution in [2.45, 2.75) is 123 Å². The van der Waals surface area contributed by atoms with E-state index in [1.54, 1.807) is 17.0 Å². The molecular formula is C51H66N8O8S. The molecule has 16 nitrogen and oxygen atoms in total. The number of fused-ring (bicyclic) bond motifs is 6. The lowest BCUT2D eigenvalue weighted by Crippen LogP contribution is -2.62. The van der Waals surface area contributed by atoms with Crippen molar-refractivity contribution in [1.29, 1.82) is 0 Å². The van der Waals surface area contributed by atoms with Crippen molar-refractivity contribution in [2.75, 3.05) is 39.3 Å². The van der Waals surface area contributed by atoms with Gasteiger partial charge in [0.2, 0.25) is 21.8 Å². The maximum absolute atomic E-state index is 14.8. The van der Waals surface area contributed by atoms with Gasteiger partial charge in [0.15, 0.2) is 0 Å². The van der Waals surface area contributed by atoms with Crippen LogP contribution >= 0.6 is 0 Å². The average Bonchev–Trinajstić information content (AvgIpc) is 3.93.